The van der Waals surface area contributed by atoms with Gasteiger partial charge in [0.05, 0.1) is 36.8 Å². The summed E-state index contributed by atoms with van der Waals surface area (Å²) in [7, 11) is 4.57. The number of benzene rings is 4. The highest BCUT2D eigenvalue weighted by atomic mass is 19.4. The summed E-state index contributed by atoms with van der Waals surface area (Å²) in [6.45, 7) is 0.176. The molecule has 1 amide bonds. The van der Waals surface area contributed by atoms with Gasteiger partial charge in [0, 0.05) is 41.6 Å². The third kappa shape index (κ3) is 6.49. The Morgan fingerprint density at radius 2 is 1.59 bits per heavy atom. The monoisotopic (exact) mass is 671 g/mol. The van der Waals surface area contributed by atoms with Crippen LogP contribution in [0.3, 0.4) is 0 Å². The van der Waals surface area contributed by atoms with E-state index in [0.717, 1.165) is 16.5 Å². The number of fused-ring (bicyclic) bond motifs is 2. The number of aromatic nitrogens is 2. The van der Waals surface area contributed by atoms with Gasteiger partial charge in [-0.25, -0.2) is 0 Å². The summed E-state index contributed by atoms with van der Waals surface area (Å²) >= 11 is 0. The molecule has 252 valence electrons. The number of nitrogens with zero attached hydrogens (tertiary/aromatic N) is 1. The molecule has 6 rings (SSSR count). The SMILES string of the molecule is COc1ccc(C(=O)NCCc2c(C(c3ccc(OC(F)(F)F)cc3)c3c(O)c4ccccc4n(C)c3=O)[nH]c3ccccc23)c(OC)c1. The molecule has 1 unspecified atom stereocenters. The largest absolute Gasteiger partial charge is 0.573 e. The van der Waals surface area contributed by atoms with Crippen molar-refractivity contribution in [1.82, 2.24) is 14.9 Å². The number of alkyl halides is 3. The molecule has 0 aliphatic heterocycles. The molecule has 0 radical (unpaired) electrons. The highest BCUT2D eigenvalue weighted by Crippen LogP contribution is 2.41. The van der Waals surface area contributed by atoms with Crippen LogP contribution in [0.15, 0.2) is 95.8 Å². The van der Waals surface area contributed by atoms with E-state index in [0.29, 0.717) is 45.6 Å². The van der Waals surface area contributed by atoms with Crippen LogP contribution in [-0.2, 0) is 13.5 Å². The number of aryl methyl sites for hydroxylation is 1. The van der Waals surface area contributed by atoms with Crippen molar-refractivity contribution < 1.29 is 37.3 Å². The molecule has 1 atom stereocenters. The van der Waals surface area contributed by atoms with Crippen LogP contribution in [0.25, 0.3) is 21.8 Å². The minimum absolute atomic E-state index is 0.0329. The summed E-state index contributed by atoms with van der Waals surface area (Å²) in [5.41, 5.74) is 2.80. The highest BCUT2D eigenvalue weighted by molar-refractivity contribution is 5.97. The number of nitrogens with one attached hydrogen (secondary N) is 2. The molecular formula is C37H32F3N3O6. The van der Waals surface area contributed by atoms with Crippen LogP contribution in [-0.4, -0.2) is 47.7 Å². The second kappa shape index (κ2) is 13.3. The van der Waals surface area contributed by atoms with E-state index in [1.165, 1.54) is 43.1 Å². The van der Waals surface area contributed by atoms with Crippen molar-refractivity contribution in [2.45, 2.75) is 18.7 Å². The Balaban J connectivity index is 1.47. The number of amides is 1. The van der Waals surface area contributed by atoms with Gasteiger partial charge in [0.15, 0.2) is 0 Å². The van der Waals surface area contributed by atoms with Crippen LogP contribution in [0, 0.1) is 0 Å². The zero-order chi connectivity index (χ0) is 34.9. The average molecular weight is 672 g/mol. The number of H-pyrrole nitrogens is 1. The molecule has 9 nitrogen and oxygen atoms in total. The zero-order valence-corrected chi connectivity index (χ0v) is 26.7. The molecule has 12 heteroatoms. The molecule has 2 aromatic heterocycles. The van der Waals surface area contributed by atoms with Gasteiger partial charge in [-0.05, 0) is 60.0 Å². The van der Waals surface area contributed by atoms with Crippen LogP contribution in [0.2, 0.25) is 0 Å². The van der Waals surface area contributed by atoms with Crippen molar-refractivity contribution in [2.24, 2.45) is 7.05 Å². The van der Waals surface area contributed by atoms with Crippen LogP contribution in [0.4, 0.5) is 13.2 Å². The lowest BCUT2D eigenvalue weighted by Gasteiger charge is -2.22. The number of pyridine rings is 1. The number of aromatic hydroxyl groups is 1. The Morgan fingerprint density at radius 1 is 0.918 bits per heavy atom. The molecule has 4 aromatic carbocycles. The lowest BCUT2D eigenvalue weighted by molar-refractivity contribution is -0.274. The fraction of sp³-hybridized carbons (Fsp3) is 0.189. The number of hydrogen-bond donors (Lipinski definition) is 3. The zero-order valence-electron chi connectivity index (χ0n) is 26.7. The molecule has 0 saturated heterocycles. The van der Waals surface area contributed by atoms with Gasteiger partial charge in [-0.15, -0.1) is 13.2 Å². The van der Waals surface area contributed by atoms with Crippen LogP contribution in [0.5, 0.6) is 23.0 Å². The van der Waals surface area contributed by atoms with Crippen LogP contribution in [0.1, 0.15) is 38.7 Å². The van der Waals surface area contributed by atoms with Gasteiger partial charge in [0.1, 0.15) is 23.0 Å². The summed E-state index contributed by atoms with van der Waals surface area (Å²) < 4.78 is 55.2. The van der Waals surface area contributed by atoms with Crippen molar-refractivity contribution in [1.29, 1.82) is 0 Å². The molecule has 0 saturated carbocycles. The molecule has 0 aliphatic carbocycles. The second-order valence-electron chi connectivity index (χ2n) is 11.3. The van der Waals surface area contributed by atoms with Crippen molar-refractivity contribution >= 4 is 27.7 Å². The van der Waals surface area contributed by atoms with E-state index in [1.807, 2.05) is 24.3 Å². The number of hydrogen-bond acceptors (Lipinski definition) is 6. The molecule has 0 bridgehead atoms. The number of halogens is 3. The number of carbonyl (C=O) groups excluding carboxylic acids is 1. The molecule has 0 fully saturated rings. The summed E-state index contributed by atoms with van der Waals surface area (Å²) in [5, 5.41) is 15.9. The lowest BCUT2D eigenvalue weighted by Crippen LogP contribution is -2.27. The van der Waals surface area contributed by atoms with E-state index in [1.54, 1.807) is 49.5 Å². The summed E-state index contributed by atoms with van der Waals surface area (Å²) in [6.07, 6.45) is -4.60. The molecule has 0 spiro atoms. The summed E-state index contributed by atoms with van der Waals surface area (Å²) in [5.74, 6) is -1.14. The Bertz CT molecular complexity index is 2220. The minimum Gasteiger partial charge on any atom is -0.507 e. The normalized spacial score (nSPS) is 12.2. The first kappa shape index (κ1) is 33.0. The van der Waals surface area contributed by atoms with Crippen molar-refractivity contribution in [3.63, 3.8) is 0 Å². The van der Waals surface area contributed by atoms with E-state index in [9.17, 15) is 27.9 Å². The topological polar surface area (TPSA) is 115 Å². The molecule has 49 heavy (non-hydrogen) atoms. The second-order valence-corrected chi connectivity index (χ2v) is 11.3. The standard InChI is InChI=1S/C37H32F3N3O6/c1-43-29-11-7-5-9-26(29)34(44)32(36(43)46)31(21-12-14-22(15-13-21)49-37(38,39)40)33-25(24-8-4-6-10-28(24)42-33)18-19-41-35(45)27-17-16-23(47-2)20-30(27)48-3/h4-17,20,31,42,44H,18-19H2,1-3H3,(H,41,45). The smallest absolute Gasteiger partial charge is 0.507 e. The molecule has 3 N–H and O–H groups in total. The first-order chi connectivity index (χ1) is 23.5. The number of para-hydroxylation sites is 2. The predicted octanol–water partition coefficient (Wildman–Crippen LogP) is 6.79. The Kier molecular flexibility index (Phi) is 8.96. The average Bonchev–Trinajstić information content (AvgIpc) is 3.46. The fourth-order valence-corrected chi connectivity index (χ4v) is 6.22. The fourth-order valence-electron chi connectivity index (χ4n) is 6.22. The third-order valence-electron chi connectivity index (χ3n) is 8.50. The number of carbonyl (C=O) groups is 1. The first-order valence-corrected chi connectivity index (χ1v) is 15.3. The van der Waals surface area contributed by atoms with Gasteiger partial charge in [-0.2, -0.15) is 0 Å². The third-order valence-corrected chi connectivity index (χ3v) is 8.50. The summed E-state index contributed by atoms with van der Waals surface area (Å²) in [6, 6.07) is 24.4. The van der Waals surface area contributed by atoms with Gasteiger partial charge in [-0.3, -0.25) is 9.59 Å². The maximum Gasteiger partial charge on any atom is 0.573 e. The van der Waals surface area contributed by atoms with Crippen molar-refractivity contribution in [2.75, 3.05) is 20.8 Å². The molecule has 0 aliphatic rings. The Hall–Kier alpha value is -5.91. The number of ether oxygens (including phenoxy) is 3. The number of aromatic amines is 1. The van der Waals surface area contributed by atoms with E-state index in [-0.39, 0.29) is 23.8 Å². The van der Waals surface area contributed by atoms with Crippen LogP contribution >= 0.6 is 0 Å². The van der Waals surface area contributed by atoms with Gasteiger partial charge in [-0.1, -0.05) is 42.5 Å². The van der Waals surface area contributed by atoms with Gasteiger partial charge in [0.25, 0.3) is 11.5 Å². The number of rotatable bonds is 10. The Labute approximate surface area is 278 Å². The van der Waals surface area contributed by atoms with Crippen LogP contribution < -0.4 is 25.1 Å². The number of methoxy groups -OCH3 is 2. The van der Waals surface area contributed by atoms with E-state index < -0.39 is 23.6 Å². The van der Waals surface area contributed by atoms with E-state index in [4.69, 9.17) is 9.47 Å². The quantitative estimate of drug-likeness (QED) is 0.148. The van der Waals surface area contributed by atoms with E-state index >= 15 is 0 Å². The maximum absolute atomic E-state index is 14.1. The van der Waals surface area contributed by atoms with Gasteiger partial charge < -0.3 is 34.2 Å². The van der Waals surface area contributed by atoms with Crippen molar-refractivity contribution in [3.05, 3.63) is 129 Å². The Morgan fingerprint density at radius 3 is 2.29 bits per heavy atom. The minimum atomic E-state index is -4.89. The lowest BCUT2D eigenvalue weighted by atomic mass is 9.85. The highest BCUT2D eigenvalue weighted by Gasteiger charge is 2.33. The van der Waals surface area contributed by atoms with E-state index in [2.05, 4.69) is 15.0 Å². The van der Waals surface area contributed by atoms with Crippen molar-refractivity contribution in [3.8, 4) is 23.0 Å². The summed E-state index contributed by atoms with van der Waals surface area (Å²) in [4.78, 5) is 30.7. The van der Waals surface area contributed by atoms with Gasteiger partial charge >= 0.3 is 6.36 Å². The maximum atomic E-state index is 14.1. The first-order valence-electron chi connectivity index (χ1n) is 15.3. The van der Waals surface area contributed by atoms with Gasteiger partial charge in [0.2, 0.25) is 0 Å². The molecular weight excluding hydrogens is 639 g/mol. The molecule has 6 aromatic rings. The predicted molar refractivity (Wildman–Crippen MR) is 179 cm³/mol. The molecule has 2 heterocycles.